The first-order valence-corrected chi connectivity index (χ1v) is 5.89. The molecule has 3 atom stereocenters. The average molecular weight is 215 g/mol. The van der Waals surface area contributed by atoms with Crippen molar-refractivity contribution in [1.82, 2.24) is 5.32 Å². The molecule has 0 spiro atoms. The van der Waals surface area contributed by atoms with Crippen molar-refractivity contribution in [1.29, 1.82) is 0 Å². The monoisotopic (exact) mass is 215 g/mol. The van der Waals surface area contributed by atoms with Crippen LogP contribution in [0.25, 0.3) is 0 Å². The Kier molecular flexibility index (Phi) is 4.38. The van der Waals surface area contributed by atoms with Gasteiger partial charge in [-0.15, -0.1) is 0 Å². The van der Waals surface area contributed by atoms with E-state index in [4.69, 9.17) is 14.2 Å². The van der Waals surface area contributed by atoms with Crippen LogP contribution in [0, 0.1) is 0 Å². The van der Waals surface area contributed by atoms with Gasteiger partial charge in [0, 0.05) is 19.2 Å². The van der Waals surface area contributed by atoms with E-state index in [2.05, 4.69) is 12.2 Å². The largest absolute Gasteiger partial charge is 0.378 e. The molecule has 0 aliphatic carbocycles. The topological polar surface area (TPSA) is 39.7 Å². The molecule has 0 saturated carbocycles. The van der Waals surface area contributed by atoms with Crippen LogP contribution >= 0.6 is 0 Å². The van der Waals surface area contributed by atoms with E-state index >= 15 is 0 Å². The minimum atomic E-state index is 0.330. The lowest BCUT2D eigenvalue weighted by atomic mass is 10.0. The van der Waals surface area contributed by atoms with Crippen LogP contribution in [-0.2, 0) is 14.2 Å². The highest BCUT2D eigenvalue weighted by molar-refractivity contribution is 4.76. The first-order chi connectivity index (χ1) is 7.34. The molecule has 0 aromatic carbocycles. The van der Waals surface area contributed by atoms with Crippen LogP contribution in [0.4, 0.5) is 0 Å². The summed E-state index contributed by atoms with van der Waals surface area (Å²) in [6.07, 6.45) is 3.96. The second-order valence-corrected chi connectivity index (χ2v) is 4.41. The molecule has 4 heteroatoms. The molecule has 2 saturated heterocycles. The minimum absolute atomic E-state index is 0.330. The Labute approximate surface area is 91.3 Å². The quantitative estimate of drug-likeness (QED) is 0.759. The molecule has 0 radical (unpaired) electrons. The Balaban J connectivity index is 1.63. The second kappa shape index (κ2) is 5.80. The number of ether oxygens (including phenoxy) is 3. The van der Waals surface area contributed by atoms with Crippen LogP contribution in [0.3, 0.4) is 0 Å². The molecule has 2 aliphatic heterocycles. The predicted octanol–water partition coefficient (Wildman–Crippen LogP) is 0.906. The molecular formula is C11H21NO3. The van der Waals surface area contributed by atoms with Crippen LogP contribution in [-0.4, -0.2) is 44.8 Å². The summed E-state index contributed by atoms with van der Waals surface area (Å²) in [4.78, 5) is 0. The molecule has 15 heavy (non-hydrogen) atoms. The van der Waals surface area contributed by atoms with Gasteiger partial charge in [-0.05, 0) is 26.2 Å². The number of rotatable bonds is 3. The van der Waals surface area contributed by atoms with E-state index < -0.39 is 0 Å². The summed E-state index contributed by atoms with van der Waals surface area (Å²) in [5.41, 5.74) is 0. The van der Waals surface area contributed by atoms with Gasteiger partial charge in [0.25, 0.3) is 0 Å². The lowest BCUT2D eigenvalue weighted by Gasteiger charge is -2.30. The molecular weight excluding hydrogens is 194 g/mol. The zero-order chi connectivity index (χ0) is 10.5. The molecule has 3 unspecified atom stereocenters. The van der Waals surface area contributed by atoms with Crippen molar-refractivity contribution in [2.45, 2.75) is 44.4 Å². The highest BCUT2D eigenvalue weighted by Crippen LogP contribution is 2.13. The molecule has 4 nitrogen and oxygen atoms in total. The second-order valence-electron chi connectivity index (χ2n) is 4.41. The summed E-state index contributed by atoms with van der Waals surface area (Å²) < 4.78 is 16.1. The van der Waals surface area contributed by atoms with Gasteiger partial charge in [0.2, 0.25) is 0 Å². The van der Waals surface area contributed by atoms with E-state index in [-0.39, 0.29) is 0 Å². The van der Waals surface area contributed by atoms with E-state index in [0.29, 0.717) is 25.0 Å². The maximum atomic E-state index is 5.51. The molecule has 0 aromatic rings. The lowest BCUT2D eigenvalue weighted by Crippen LogP contribution is -2.43. The van der Waals surface area contributed by atoms with Crippen LogP contribution in [0.1, 0.15) is 26.2 Å². The van der Waals surface area contributed by atoms with Crippen molar-refractivity contribution < 1.29 is 14.2 Å². The molecule has 0 aromatic heterocycles. The first kappa shape index (κ1) is 11.3. The van der Waals surface area contributed by atoms with Gasteiger partial charge < -0.3 is 19.5 Å². The van der Waals surface area contributed by atoms with Gasteiger partial charge >= 0.3 is 0 Å². The molecule has 2 aliphatic rings. The van der Waals surface area contributed by atoms with Crippen LogP contribution in [0.5, 0.6) is 0 Å². The number of hydrogen-bond acceptors (Lipinski definition) is 4. The number of hydrogen-bond donors (Lipinski definition) is 1. The maximum Gasteiger partial charge on any atom is 0.147 e. The van der Waals surface area contributed by atoms with Crippen molar-refractivity contribution in [2.75, 3.05) is 26.6 Å². The van der Waals surface area contributed by atoms with Gasteiger partial charge in [-0.3, -0.25) is 0 Å². The third-order valence-corrected chi connectivity index (χ3v) is 3.09. The fraction of sp³-hybridized carbons (Fsp3) is 1.00. The normalized spacial score (nSPS) is 37.8. The molecule has 1 N–H and O–H groups in total. The van der Waals surface area contributed by atoms with E-state index in [1.165, 1.54) is 0 Å². The SMILES string of the molecule is CC1CC(NCC2CCOCO2)CCO1. The molecule has 88 valence electrons. The summed E-state index contributed by atoms with van der Waals surface area (Å²) in [5.74, 6) is 0. The predicted molar refractivity (Wildman–Crippen MR) is 56.7 cm³/mol. The Morgan fingerprint density at radius 2 is 2.13 bits per heavy atom. The van der Waals surface area contributed by atoms with Crippen molar-refractivity contribution in [2.24, 2.45) is 0 Å². The summed E-state index contributed by atoms with van der Waals surface area (Å²) in [6.45, 7) is 5.25. The third-order valence-electron chi connectivity index (χ3n) is 3.09. The molecule has 0 amide bonds. The lowest BCUT2D eigenvalue weighted by molar-refractivity contribution is -0.138. The molecule has 2 heterocycles. The van der Waals surface area contributed by atoms with Crippen LogP contribution in [0.15, 0.2) is 0 Å². The maximum absolute atomic E-state index is 5.51. The van der Waals surface area contributed by atoms with Crippen molar-refractivity contribution in [3.05, 3.63) is 0 Å². The highest BCUT2D eigenvalue weighted by Gasteiger charge is 2.21. The zero-order valence-electron chi connectivity index (χ0n) is 9.41. The zero-order valence-corrected chi connectivity index (χ0v) is 9.41. The summed E-state index contributed by atoms with van der Waals surface area (Å²) in [6, 6.07) is 0.597. The fourth-order valence-corrected chi connectivity index (χ4v) is 2.14. The smallest absolute Gasteiger partial charge is 0.147 e. The van der Waals surface area contributed by atoms with Gasteiger partial charge in [-0.25, -0.2) is 0 Å². The molecule has 2 fully saturated rings. The minimum Gasteiger partial charge on any atom is -0.378 e. The summed E-state index contributed by atoms with van der Waals surface area (Å²) in [5, 5.41) is 3.56. The first-order valence-electron chi connectivity index (χ1n) is 5.89. The van der Waals surface area contributed by atoms with Gasteiger partial charge in [-0.1, -0.05) is 0 Å². The van der Waals surface area contributed by atoms with E-state index in [9.17, 15) is 0 Å². The van der Waals surface area contributed by atoms with Gasteiger partial charge in [0.15, 0.2) is 0 Å². The average Bonchev–Trinajstić information content (AvgIpc) is 2.28. The van der Waals surface area contributed by atoms with E-state index in [1.807, 2.05) is 0 Å². The van der Waals surface area contributed by atoms with Crippen molar-refractivity contribution in [3.8, 4) is 0 Å². The molecule has 0 bridgehead atoms. The molecule has 2 rings (SSSR count). The summed E-state index contributed by atoms with van der Waals surface area (Å²) >= 11 is 0. The van der Waals surface area contributed by atoms with Crippen LogP contribution < -0.4 is 5.32 Å². The van der Waals surface area contributed by atoms with Gasteiger partial charge in [-0.2, -0.15) is 0 Å². The van der Waals surface area contributed by atoms with Gasteiger partial charge in [0.1, 0.15) is 6.79 Å². The fourth-order valence-electron chi connectivity index (χ4n) is 2.14. The van der Waals surface area contributed by atoms with Crippen LogP contribution in [0.2, 0.25) is 0 Å². The third kappa shape index (κ3) is 3.72. The van der Waals surface area contributed by atoms with Crippen molar-refractivity contribution in [3.63, 3.8) is 0 Å². The highest BCUT2D eigenvalue weighted by atomic mass is 16.7. The van der Waals surface area contributed by atoms with Gasteiger partial charge in [0.05, 0.1) is 18.8 Å². The van der Waals surface area contributed by atoms with Crippen molar-refractivity contribution >= 4 is 0 Å². The summed E-state index contributed by atoms with van der Waals surface area (Å²) in [7, 11) is 0. The van der Waals surface area contributed by atoms with E-state index in [0.717, 1.165) is 39.0 Å². The Bertz CT molecular complexity index is 183. The standard InChI is InChI=1S/C11H21NO3/c1-9-6-10(2-5-14-9)12-7-11-3-4-13-8-15-11/h9-12H,2-8H2,1H3. The Morgan fingerprint density at radius 1 is 1.20 bits per heavy atom. The number of nitrogens with one attached hydrogen (secondary N) is 1. The Morgan fingerprint density at radius 3 is 2.87 bits per heavy atom. The Hall–Kier alpha value is -0.160. The van der Waals surface area contributed by atoms with E-state index in [1.54, 1.807) is 0 Å².